The molecule has 9 nitrogen and oxygen atoms in total. The van der Waals surface area contributed by atoms with Gasteiger partial charge in [0.25, 0.3) is 0 Å². The number of hydrogen-bond donors (Lipinski definition) is 1. The Morgan fingerprint density at radius 2 is 2.13 bits per heavy atom. The summed E-state index contributed by atoms with van der Waals surface area (Å²) in [5.41, 5.74) is 4.03. The van der Waals surface area contributed by atoms with Crippen molar-refractivity contribution in [1.29, 1.82) is 0 Å². The van der Waals surface area contributed by atoms with Crippen molar-refractivity contribution in [2.45, 2.75) is 19.5 Å². The molecular weight excluding hydrogens is 380 g/mol. The lowest BCUT2D eigenvalue weighted by molar-refractivity contribution is 0.0989. The number of ether oxygens (including phenoxy) is 1. The maximum Gasteiger partial charge on any atom is 0.229 e. The molecule has 4 heterocycles. The molecule has 0 radical (unpaired) electrons. The van der Waals surface area contributed by atoms with Crippen LogP contribution in [0.25, 0.3) is 11.0 Å². The van der Waals surface area contributed by atoms with Crippen LogP contribution in [0.15, 0.2) is 49.1 Å². The summed E-state index contributed by atoms with van der Waals surface area (Å²) in [4.78, 5) is 11.5. The van der Waals surface area contributed by atoms with Crippen molar-refractivity contribution < 1.29 is 4.74 Å². The monoisotopic (exact) mass is 404 g/mol. The second-order valence-corrected chi connectivity index (χ2v) is 7.59. The van der Waals surface area contributed by atoms with Crippen LogP contribution in [-0.4, -0.2) is 55.3 Å². The minimum absolute atomic E-state index is 0.369. The van der Waals surface area contributed by atoms with Crippen LogP contribution >= 0.6 is 0 Å². The van der Waals surface area contributed by atoms with Crippen LogP contribution in [-0.2, 0) is 18.3 Å². The first-order valence-corrected chi connectivity index (χ1v) is 10.0. The Bertz CT molecular complexity index is 1170. The molecule has 5 rings (SSSR count). The summed E-state index contributed by atoms with van der Waals surface area (Å²) in [5, 5.41) is 12.8. The topological polar surface area (TPSA) is 85.9 Å². The number of fused-ring (bicyclic) bond motifs is 1. The zero-order valence-corrected chi connectivity index (χ0v) is 17.1. The Labute approximate surface area is 174 Å². The fourth-order valence-corrected chi connectivity index (χ4v) is 3.77. The highest BCUT2D eigenvalue weighted by atomic mass is 16.5. The average molecular weight is 404 g/mol. The fraction of sp³-hybridized carbons (Fsp3) is 0.333. The number of anilines is 3. The molecule has 1 atom stereocenters. The Morgan fingerprint density at radius 3 is 2.97 bits per heavy atom. The molecule has 4 aromatic rings. The predicted octanol–water partition coefficient (Wildman–Crippen LogP) is 2.58. The largest absolute Gasteiger partial charge is 0.377 e. The molecule has 0 bridgehead atoms. The van der Waals surface area contributed by atoms with Gasteiger partial charge >= 0.3 is 0 Å². The first-order valence-electron chi connectivity index (χ1n) is 10.0. The van der Waals surface area contributed by atoms with E-state index >= 15 is 0 Å². The lowest BCUT2D eigenvalue weighted by Gasteiger charge is -2.35. The number of nitrogens with one attached hydrogen (secondary N) is 1. The number of aromatic nitrogens is 6. The maximum atomic E-state index is 5.57. The van der Waals surface area contributed by atoms with Crippen LogP contribution in [0.1, 0.15) is 12.5 Å². The molecule has 0 aliphatic carbocycles. The lowest BCUT2D eigenvalue weighted by atomic mass is 10.1. The van der Waals surface area contributed by atoms with Gasteiger partial charge in [0, 0.05) is 37.7 Å². The van der Waals surface area contributed by atoms with Crippen molar-refractivity contribution in [2.75, 3.05) is 30.0 Å². The second-order valence-electron chi connectivity index (χ2n) is 7.59. The van der Waals surface area contributed by atoms with Crippen molar-refractivity contribution in [1.82, 2.24) is 29.5 Å². The van der Waals surface area contributed by atoms with Gasteiger partial charge in [-0.3, -0.25) is 4.68 Å². The van der Waals surface area contributed by atoms with Gasteiger partial charge in [-0.1, -0.05) is 12.1 Å². The van der Waals surface area contributed by atoms with Gasteiger partial charge in [0.1, 0.15) is 0 Å². The van der Waals surface area contributed by atoms with E-state index in [0.29, 0.717) is 18.5 Å². The third-order valence-corrected chi connectivity index (χ3v) is 5.28. The first kappa shape index (κ1) is 18.6. The van der Waals surface area contributed by atoms with Crippen molar-refractivity contribution in [2.24, 2.45) is 7.05 Å². The van der Waals surface area contributed by atoms with E-state index in [-0.39, 0.29) is 0 Å². The Balaban J connectivity index is 1.40. The molecule has 154 valence electrons. The van der Waals surface area contributed by atoms with Crippen LogP contribution in [0.2, 0.25) is 0 Å². The number of nitrogens with zero attached hydrogens (tertiary/aromatic N) is 7. The van der Waals surface area contributed by atoms with Crippen molar-refractivity contribution in [3.63, 3.8) is 0 Å². The number of morpholine rings is 1. The number of aryl methyl sites for hydroxylation is 1. The van der Waals surface area contributed by atoms with Crippen LogP contribution in [0.5, 0.6) is 0 Å². The second kappa shape index (κ2) is 7.75. The van der Waals surface area contributed by atoms with Gasteiger partial charge < -0.3 is 15.0 Å². The third kappa shape index (κ3) is 3.71. The summed E-state index contributed by atoms with van der Waals surface area (Å²) in [5.74, 6) is 0.521. The highest BCUT2D eigenvalue weighted by Gasteiger charge is 2.19. The molecular formula is C21H24N8O. The molecule has 1 fully saturated rings. The van der Waals surface area contributed by atoms with E-state index in [4.69, 9.17) is 4.74 Å². The van der Waals surface area contributed by atoms with Gasteiger partial charge in [-0.25, -0.2) is 9.67 Å². The van der Waals surface area contributed by atoms with E-state index in [2.05, 4.69) is 61.6 Å². The Morgan fingerprint density at radius 1 is 1.20 bits per heavy atom. The number of benzene rings is 1. The summed E-state index contributed by atoms with van der Waals surface area (Å²) in [6.45, 7) is 5.27. The summed E-state index contributed by atoms with van der Waals surface area (Å²) in [6, 6.07) is 8.98. The van der Waals surface area contributed by atoms with Crippen molar-refractivity contribution >= 4 is 28.4 Å². The molecule has 1 saturated heterocycles. The minimum atomic E-state index is 0.369. The molecule has 9 heteroatoms. The molecule has 3 aromatic heterocycles. The van der Waals surface area contributed by atoms with E-state index in [0.717, 1.165) is 36.5 Å². The van der Waals surface area contributed by atoms with Crippen molar-refractivity contribution in [3.8, 4) is 0 Å². The molecule has 0 unspecified atom stereocenters. The van der Waals surface area contributed by atoms with Crippen LogP contribution in [0.3, 0.4) is 0 Å². The summed E-state index contributed by atoms with van der Waals surface area (Å²) in [6.07, 6.45) is 7.21. The quantitative estimate of drug-likeness (QED) is 0.547. The molecule has 0 amide bonds. The smallest absolute Gasteiger partial charge is 0.229 e. The normalized spacial score (nSPS) is 16.9. The highest BCUT2D eigenvalue weighted by molar-refractivity contribution is 5.75. The van der Waals surface area contributed by atoms with Crippen LogP contribution in [0.4, 0.5) is 17.3 Å². The molecule has 1 aliphatic rings. The number of hydrogen-bond acceptors (Lipinski definition) is 7. The van der Waals surface area contributed by atoms with Gasteiger partial charge in [0.15, 0.2) is 5.65 Å². The fourth-order valence-electron chi connectivity index (χ4n) is 3.77. The zero-order chi connectivity index (χ0) is 20.5. The molecule has 1 aliphatic heterocycles. The van der Waals surface area contributed by atoms with E-state index < -0.39 is 0 Å². The summed E-state index contributed by atoms with van der Waals surface area (Å²) >= 11 is 0. The number of rotatable bonds is 5. The van der Waals surface area contributed by atoms with Gasteiger partial charge in [0.05, 0.1) is 43.2 Å². The van der Waals surface area contributed by atoms with Gasteiger partial charge in [-0.2, -0.15) is 15.2 Å². The zero-order valence-electron chi connectivity index (χ0n) is 17.1. The van der Waals surface area contributed by atoms with Crippen molar-refractivity contribution in [3.05, 3.63) is 54.6 Å². The first-order chi connectivity index (χ1) is 14.7. The van der Waals surface area contributed by atoms with E-state index in [1.165, 1.54) is 11.3 Å². The maximum absolute atomic E-state index is 5.57. The lowest BCUT2D eigenvalue weighted by Crippen LogP contribution is -2.43. The van der Waals surface area contributed by atoms with Crippen LogP contribution < -0.4 is 10.2 Å². The molecule has 1 N–H and O–H groups in total. The Hall–Kier alpha value is -3.46. The highest BCUT2D eigenvalue weighted by Crippen LogP contribution is 2.22. The molecule has 30 heavy (non-hydrogen) atoms. The van der Waals surface area contributed by atoms with Gasteiger partial charge in [-0.05, 0) is 24.6 Å². The summed E-state index contributed by atoms with van der Waals surface area (Å²) < 4.78 is 9.21. The minimum Gasteiger partial charge on any atom is -0.377 e. The van der Waals surface area contributed by atoms with Crippen LogP contribution in [0, 0.1) is 0 Å². The van der Waals surface area contributed by atoms with Gasteiger partial charge in [0.2, 0.25) is 5.95 Å². The van der Waals surface area contributed by atoms with E-state index in [1.807, 2.05) is 17.9 Å². The average Bonchev–Trinajstić information content (AvgIpc) is 3.34. The van der Waals surface area contributed by atoms with E-state index in [9.17, 15) is 0 Å². The van der Waals surface area contributed by atoms with E-state index in [1.54, 1.807) is 23.3 Å². The third-order valence-electron chi connectivity index (χ3n) is 5.28. The summed E-state index contributed by atoms with van der Waals surface area (Å²) in [7, 11) is 1.87. The molecule has 0 saturated carbocycles. The predicted molar refractivity (Wildman–Crippen MR) is 115 cm³/mol. The standard InChI is InChI=1S/C21H24N8O/c1-15-14-30-7-6-28(15)19-5-3-4-16(8-19)12-29-20-17(10-24-29)9-22-21(26-20)25-18-11-23-27(2)13-18/h3-5,8-11,13,15H,6-7,12,14H2,1-2H3,(H,22,25,26)/t15-/m0/s1. The Kier molecular flexibility index (Phi) is 4.80. The SMILES string of the molecule is C[C@H]1COCCN1c1cccc(Cn2ncc3cnc(Nc4cnn(C)c4)nc32)c1. The molecule has 0 spiro atoms. The van der Waals surface area contributed by atoms with Gasteiger partial charge in [-0.15, -0.1) is 0 Å². The molecule has 1 aromatic carbocycles.